The van der Waals surface area contributed by atoms with Crippen molar-refractivity contribution in [2.75, 3.05) is 6.54 Å². The lowest BCUT2D eigenvalue weighted by Crippen LogP contribution is -2.40. The minimum Gasteiger partial charge on any atom is -0.480 e. The Labute approximate surface area is 115 Å². The van der Waals surface area contributed by atoms with E-state index in [4.69, 9.17) is 0 Å². The zero-order chi connectivity index (χ0) is 14.1. The molecule has 1 atom stereocenters. The summed E-state index contributed by atoms with van der Waals surface area (Å²) in [6.45, 7) is 0.485. The van der Waals surface area contributed by atoms with Gasteiger partial charge in [0.05, 0.1) is 5.56 Å². The van der Waals surface area contributed by atoms with Crippen LogP contribution in [0.5, 0.6) is 0 Å². The number of carboxylic acid groups (broad SMARTS) is 1. The van der Waals surface area contributed by atoms with Crippen LogP contribution >= 0.6 is 0 Å². The Morgan fingerprint density at radius 3 is 2.85 bits per heavy atom. The van der Waals surface area contributed by atoms with E-state index in [0.29, 0.717) is 18.5 Å². The molecule has 1 fully saturated rings. The fourth-order valence-corrected chi connectivity index (χ4v) is 2.71. The number of amides is 1. The summed E-state index contributed by atoms with van der Waals surface area (Å²) in [6.07, 6.45) is 4.45. The lowest BCUT2D eigenvalue weighted by atomic mass is 10.1. The van der Waals surface area contributed by atoms with Crippen molar-refractivity contribution in [2.24, 2.45) is 0 Å². The maximum Gasteiger partial charge on any atom is 0.326 e. The van der Waals surface area contributed by atoms with Crippen LogP contribution in [0, 0.1) is 0 Å². The number of rotatable bonds is 2. The molecule has 2 aromatic rings. The van der Waals surface area contributed by atoms with Gasteiger partial charge in [-0.3, -0.25) is 9.78 Å². The number of carbonyl (C=O) groups excluding carboxylic acids is 1. The van der Waals surface area contributed by atoms with Gasteiger partial charge >= 0.3 is 5.97 Å². The molecule has 1 aliphatic rings. The molecule has 0 aliphatic carbocycles. The van der Waals surface area contributed by atoms with Crippen molar-refractivity contribution < 1.29 is 14.7 Å². The van der Waals surface area contributed by atoms with Crippen molar-refractivity contribution in [2.45, 2.75) is 18.9 Å². The molecule has 1 aromatic heterocycles. The number of fused-ring (bicyclic) bond motifs is 1. The van der Waals surface area contributed by atoms with Crippen molar-refractivity contribution in [3.63, 3.8) is 0 Å². The molecule has 3 rings (SSSR count). The van der Waals surface area contributed by atoms with Crippen LogP contribution in [0.25, 0.3) is 10.8 Å². The first-order chi connectivity index (χ1) is 9.68. The number of carboxylic acids is 1. The molecule has 1 amide bonds. The first-order valence-electron chi connectivity index (χ1n) is 6.55. The number of aromatic nitrogens is 1. The van der Waals surface area contributed by atoms with Crippen LogP contribution in [-0.4, -0.2) is 39.5 Å². The van der Waals surface area contributed by atoms with Crippen molar-refractivity contribution in [1.29, 1.82) is 0 Å². The second kappa shape index (κ2) is 4.92. The molecular weight excluding hydrogens is 256 g/mol. The van der Waals surface area contributed by atoms with Crippen molar-refractivity contribution in [1.82, 2.24) is 9.88 Å². The summed E-state index contributed by atoms with van der Waals surface area (Å²) in [7, 11) is 0. The Morgan fingerprint density at radius 2 is 2.05 bits per heavy atom. The Balaban J connectivity index is 2.03. The molecule has 0 bridgehead atoms. The Kier molecular flexibility index (Phi) is 3.10. The van der Waals surface area contributed by atoms with E-state index in [1.165, 1.54) is 11.1 Å². The summed E-state index contributed by atoms with van der Waals surface area (Å²) >= 11 is 0. The number of benzene rings is 1. The monoisotopic (exact) mass is 270 g/mol. The maximum atomic E-state index is 12.6. The predicted octanol–water partition coefficient (Wildman–Crippen LogP) is 1.92. The number of carbonyl (C=O) groups is 2. The van der Waals surface area contributed by atoms with Gasteiger partial charge in [0.1, 0.15) is 6.04 Å². The van der Waals surface area contributed by atoms with E-state index >= 15 is 0 Å². The molecule has 1 N–H and O–H groups in total. The third-order valence-corrected chi connectivity index (χ3v) is 3.70. The van der Waals surface area contributed by atoms with E-state index < -0.39 is 12.0 Å². The van der Waals surface area contributed by atoms with E-state index in [0.717, 1.165) is 17.2 Å². The molecule has 5 heteroatoms. The molecule has 0 radical (unpaired) electrons. The zero-order valence-corrected chi connectivity index (χ0v) is 10.8. The molecule has 102 valence electrons. The lowest BCUT2D eigenvalue weighted by molar-refractivity contribution is -0.141. The smallest absolute Gasteiger partial charge is 0.326 e. The van der Waals surface area contributed by atoms with E-state index in [2.05, 4.69) is 4.98 Å². The highest BCUT2D eigenvalue weighted by molar-refractivity contribution is 6.07. The van der Waals surface area contributed by atoms with Crippen molar-refractivity contribution >= 4 is 22.6 Å². The van der Waals surface area contributed by atoms with E-state index in [9.17, 15) is 14.7 Å². The molecule has 1 aromatic carbocycles. The number of nitrogens with zero attached hydrogens (tertiary/aromatic N) is 2. The fraction of sp³-hybridized carbons (Fsp3) is 0.267. The second-order valence-electron chi connectivity index (χ2n) is 4.90. The first kappa shape index (κ1) is 12.6. The third-order valence-electron chi connectivity index (χ3n) is 3.70. The van der Waals surface area contributed by atoms with Crippen LogP contribution in [0.3, 0.4) is 0 Å². The van der Waals surface area contributed by atoms with E-state index in [1.807, 2.05) is 24.3 Å². The number of hydrogen-bond donors (Lipinski definition) is 1. The highest BCUT2D eigenvalue weighted by Crippen LogP contribution is 2.24. The molecule has 5 nitrogen and oxygen atoms in total. The number of aliphatic carboxylic acids is 1. The molecule has 20 heavy (non-hydrogen) atoms. The van der Waals surface area contributed by atoms with Gasteiger partial charge in [-0.1, -0.05) is 24.3 Å². The zero-order valence-electron chi connectivity index (χ0n) is 10.8. The SMILES string of the molecule is O=C(O)C1CCCN1C(=O)c1cncc2ccccc12. The van der Waals surface area contributed by atoms with Crippen LogP contribution in [0.15, 0.2) is 36.7 Å². The summed E-state index contributed by atoms with van der Waals surface area (Å²) in [4.78, 5) is 29.3. The summed E-state index contributed by atoms with van der Waals surface area (Å²) in [5.41, 5.74) is 0.469. The lowest BCUT2D eigenvalue weighted by Gasteiger charge is -2.21. The van der Waals surface area contributed by atoms with Crippen molar-refractivity contribution in [3.8, 4) is 0 Å². The summed E-state index contributed by atoms with van der Waals surface area (Å²) < 4.78 is 0. The summed E-state index contributed by atoms with van der Waals surface area (Å²) in [5.74, 6) is -1.19. The maximum absolute atomic E-state index is 12.6. The standard InChI is InChI=1S/C15H14N2O3/c18-14(17-7-3-6-13(17)15(19)20)12-9-16-8-10-4-1-2-5-11(10)12/h1-2,4-5,8-9,13H,3,6-7H2,(H,19,20). The van der Waals surface area contributed by atoms with Crippen LogP contribution in [0.1, 0.15) is 23.2 Å². The van der Waals surface area contributed by atoms with Gasteiger partial charge in [-0.25, -0.2) is 4.79 Å². The quantitative estimate of drug-likeness (QED) is 0.905. The summed E-state index contributed by atoms with van der Waals surface area (Å²) in [5, 5.41) is 10.9. The van der Waals surface area contributed by atoms with Gasteiger partial charge in [-0.15, -0.1) is 0 Å². The Bertz CT molecular complexity index is 678. The largest absolute Gasteiger partial charge is 0.480 e. The topological polar surface area (TPSA) is 70.5 Å². The molecule has 1 aliphatic heterocycles. The molecule has 1 unspecified atom stereocenters. The van der Waals surface area contributed by atoms with Gasteiger partial charge < -0.3 is 10.0 Å². The van der Waals surface area contributed by atoms with Crippen LogP contribution < -0.4 is 0 Å². The normalized spacial score (nSPS) is 18.4. The van der Waals surface area contributed by atoms with Gasteiger partial charge in [0.2, 0.25) is 0 Å². The number of likely N-dealkylation sites (tertiary alicyclic amines) is 1. The average molecular weight is 270 g/mol. The number of hydrogen-bond acceptors (Lipinski definition) is 3. The van der Waals surface area contributed by atoms with Crippen molar-refractivity contribution in [3.05, 3.63) is 42.2 Å². The average Bonchev–Trinajstić information content (AvgIpc) is 2.95. The van der Waals surface area contributed by atoms with E-state index in [-0.39, 0.29) is 5.91 Å². The Hall–Kier alpha value is -2.43. The molecular formula is C15H14N2O3. The molecule has 0 saturated carbocycles. The van der Waals surface area contributed by atoms with Gasteiger partial charge in [0.25, 0.3) is 5.91 Å². The Morgan fingerprint density at radius 1 is 1.25 bits per heavy atom. The number of pyridine rings is 1. The summed E-state index contributed by atoms with van der Waals surface area (Å²) in [6, 6.07) is 6.77. The van der Waals surface area contributed by atoms with E-state index in [1.54, 1.807) is 6.20 Å². The second-order valence-corrected chi connectivity index (χ2v) is 4.90. The van der Waals surface area contributed by atoms with Crippen LogP contribution in [0.4, 0.5) is 0 Å². The minimum absolute atomic E-state index is 0.251. The highest BCUT2D eigenvalue weighted by Gasteiger charge is 2.34. The van der Waals surface area contributed by atoms with Gasteiger partial charge in [-0.2, -0.15) is 0 Å². The highest BCUT2D eigenvalue weighted by atomic mass is 16.4. The molecule has 0 spiro atoms. The van der Waals surface area contributed by atoms with Gasteiger partial charge in [-0.05, 0) is 18.2 Å². The first-order valence-corrected chi connectivity index (χ1v) is 6.55. The fourth-order valence-electron chi connectivity index (χ4n) is 2.71. The minimum atomic E-state index is -0.941. The predicted molar refractivity (Wildman–Crippen MR) is 73.4 cm³/mol. The van der Waals surface area contributed by atoms with Crippen LogP contribution in [0.2, 0.25) is 0 Å². The third kappa shape index (κ3) is 2.01. The van der Waals surface area contributed by atoms with Gasteiger partial charge in [0.15, 0.2) is 0 Å². The van der Waals surface area contributed by atoms with Crippen LogP contribution in [-0.2, 0) is 4.79 Å². The van der Waals surface area contributed by atoms with Gasteiger partial charge in [0, 0.05) is 24.3 Å². The molecule has 2 heterocycles. The molecule has 1 saturated heterocycles.